The number of benzene rings is 1. The summed E-state index contributed by atoms with van der Waals surface area (Å²) in [6.45, 7) is 2.07. The summed E-state index contributed by atoms with van der Waals surface area (Å²) in [4.78, 5) is 23.7. The van der Waals surface area contributed by atoms with Crippen molar-refractivity contribution in [3.63, 3.8) is 0 Å². The van der Waals surface area contributed by atoms with Crippen LogP contribution in [0.1, 0.15) is 41.4 Å². The van der Waals surface area contributed by atoms with E-state index in [1.165, 1.54) is 28.9 Å². The Hall–Kier alpha value is -3.01. The number of halogens is 1. The Kier molecular flexibility index (Phi) is 5.79. The summed E-state index contributed by atoms with van der Waals surface area (Å²) in [6.07, 6.45) is 1.65. The van der Waals surface area contributed by atoms with E-state index in [0.29, 0.717) is 6.54 Å². The molecule has 1 aromatic heterocycles. The Morgan fingerprint density at radius 1 is 1.38 bits per heavy atom. The molecule has 24 heavy (non-hydrogen) atoms. The monoisotopic (exact) mass is 329 g/mol. The third kappa shape index (κ3) is 4.26. The molecular weight excluding hydrogens is 313 g/mol. The molecule has 0 fully saturated rings. The lowest BCUT2D eigenvalue weighted by Crippen LogP contribution is -2.25. The number of nitriles is 1. The van der Waals surface area contributed by atoms with Crippen LogP contribution >= 0.6 is 0 Å². The average molecular weight is 329 g/mol. The SMILES string of the molecule is CCCCn1nc(C(=O)OCc2cc(C#N)ccc2F)ccc1=O. The van der Waals surface area contributed by atoms with Crippen LogP contribution in [-0.4, -0.2) is 15.7 Å². The van der Waals surface area contributed by atoms with Crippen LogP contribution in [0.2, 0.25) is 0 Å². The molecule has 0 saturated heterocycles. The van der Waals surface area contributed by atoms with Crippen LogP contribution in [0.3, 0.4) is 0 Å². The number of unbranched alkanes of at least 4 members (excludes halogenated alkanes) is 1. The highest BCUT2D eigenvalue weighted by atomic mass is 19.1. The van der Waals surface area contributed by atoms with E-state index < -0.39 is 11.8 Å². The molecule has 1 heterocycles. The van der Waals surface area contributed by atoms with Gasteiger partial charge in [0.25, 0.3) is 5.56 Å². The first kappa shape index (κ1) is 17.3. The molecule has 0 N–H and O–H groups in total. The maximum atomic E-state index is 13.7. The number of carbonyl (C=O) groups excluding carboxylic acids is 1. The van der Waals surface area contributed by atoms with Gasteiger partial charge in [0.1, 0.15) is 12.4 Å². The van der Waals surface area contributed by atoms with Crippen molar-refractivity contribution in [3.8, 4) is 6.07 Å². The zero-order valence-corrected chi connectivity index (χ0v) is 13.2. The quantitative estimate of drug-likeness (QED) is 0.760. The molecule has 1 aromatic carbocycles. The summed E-state index contributed by atoms with van der Waals surface area (Å²) < 4.78 is 19.9. The lowest BCUT2D eigenvalue weighted by atomic mass is 10.1. The molecule has 0 radical (unpaired) electrons. The van der Waals surface area contributed by atoms with Gasteiger partial charge in [-0.15, -0.1) is 0 Å². The van der Waals surface area contributed by atoms with E-state index in [4.69, 9.17) is 10.00 Å². The van der Waals surface area contributed by atoms with Gasteiger partial charge in [-0.1, -0.05) is 13.3 Å². The van der Waals surface area contributed by atoms with E-state index in [-0.39, 0.29) is 29.0 Å². The minimum atomic E-state index is -0.762. The Morgan fingerprint density at radius 3 is 2.88 bits per heavy atom. The lowest BCUT2D eigenvalue weighted by molar-refractivity contribution is 0.0458. The molecule has 0 saturated carbocycles. The van der Waals surface area contributed by atoms with E-state index in [1.807, 2.05) is 13.0 Å². The predicted molar refractivity (Wildman–Crippen MR) is 83.6 cm³/mol. The summed E-state index contributed by atoms with van der Waals surface area (Å²) in [5.41, 5.74) is 0.0470. The van der Waals surface area contributed by atoms with Gasteiger partial charge in [-0.25, -0.2) is 13.9 Å². The highest BCUT2D eigenvalue weighted by molar-refractivity contribution is 5.86. The van der Waals surface area contributed by atoms with Gasteiger partial charge < -0.3 is 4.74 Å². The van der Waals surface area contributed by atoms with E-state index >= 15 is 0 Å². The first-order valence-corrected chi connectivity index (χ1v) is 7.49. The summed E-state index contributed by atoms with van der Waals surface area (Å²) >= 11 is 0. The highest BCUT2D eigenvalue weighted by Crippen LogP contribution is 2.12. The molecule has 0 aliphatic carbocycles. The number of aromatic nitrogens is 2. The van der Waals surface area contributed by atoms with E-state index in [0.717, 1.165) is 18.9 Å². The van der Waals surface area contributed by atoms with Gasteiger partial charge in [-0.3, -0.25) is 4.79 Å². The second kappa shape index (κ2) is 8.02. The van der Waals surface area contributed by atoms with Crippen molar-refractivity contribution in [2.45, 2.75) is 32.9 Å². The number of hydrogen-bond donors (Lipinski definition) is 0. The van der Waals surface area contributed by atoms with E-state index in [2.05, 4.69) is 5.10 Å². The zero-order valence-electron chi connectivity index (χ0n) is 13.2. The number of rotatable bonds is 6. The molecule has 0 amide bonds. The van der Waals surface area contributed by atoms with Crippen molar-refractivity contribution in [1.29, 1.82) is 5.26 Å². The zero-order chi connectivity index (χ0) is 17.5. The standard InChI is InChI=1S/C17H16FN3O3/c1-2-3-8-21-16(22)7-6-15(20-21)17(23)24-11-13-9-12(10-19)4-5-14(13)18/h4-7,9H,2-3,8,11H2,1H3. The molecule has 0 unspecified atom stereocenters. The van der Waals surface area contributed by atoms with Crippen molar-refractivity contribution >= 4 is 5.97 Å². The molecule has 124 valence electrons. The Morgan fingerprint density at radius 2 is 2.17 bits per heavy atom. The Balaban J connectivity index is 2.10. The molecule has 2 rings (SSSR count). The molecule has 0 aliphatic rings. The molecule has 7 heteroatoms. The summed E-state index contributed by atoms with van der Waals surface area (Å²) in [7, 11) is 0. The summed E-state index contributed by atoms with van der Waals surface area (Å²) in [5, 5.41) is 12.8. The molecule has 6 nitrogen and oxygen atoms in total. The normalized spacial score (nSPS) is 10.2. The van der Waals surface area contributed by atoms with Gasteiger partial charge in [0, 0.05) is 18.2 Å². The smallest absolute Gasteiger partial charge is 0.359 e. The number of esters is 1. The summed E-state index contributed by atoms with van der Waals surface area (Å²) in [5.74, 6) is -1.33. The second-order valence-corrected chi connectivity index (χ2v) is 5.13. The van der Waals surface area contributed by atoms with Gasteiger partial charge in [0.2, 0.25) is 0 Å². The fourth-order valence-corrected chi connectivity index (χ4v) is 2.00. The molecular formula is C17H16FN3O3. The van der Waals surface area contributed by atoms with Crippen LogP contribution < -0.4 is 5.56 Å². The van der Waals surface area contributed by atoms with Crippen LogP contribution in [-0.2, 0) is 17.9 Å². The van der Waals surface area contributed by atoms with Gasteiger partial charge in [0.15, 0.2) is 5.69 Å². The number of carbonyl (C=O) groups is 1. The minimum absolute atomic E-state index is 0.0254. The van der Waals surface area contributed by atoms with Crippen molar-refractivity contribution in [3.05, 3.63) is 63.3 Å². The Labute approximate surface area is 138 Å². The Bertz CT molecular complexity index is 840. The third-order valence-electron chi connectivity index (χ3n) is 3.33. The number of nitrogens with zero attached hydrogens (tertiary/aromatic N) is 3. The molecule has 0 bridgehead atoms. The first-order valence-electron chi connectivity index (χ1n) is 7.49. The average Bonchev–Trinajstić information content (AvgIpc) is 2.60. The summed E-state index contributed by atoms with van der Waals surface area (Å²) in [6, 6.07) is 8.21. The van der Waals surface area contributed by atoms with Crippen molar-refractivity contribution < 1.29 is 13.9 Å². The van der Waals surface area contributed by atoms with Crippen LogP contribution in [0.4, 0.5) is 4.39 Å². The fourth-order valence-electron chi connectivity index (χ4n) is 2.00. The van der Waals surface area contributed by atoms with Crippen molar-refractivity contribution in [1.82, 2.24) is 9.78 Å². The van der Waals surface area contributed by atoms with Gasteiger partial charge in [0.05, 0.1) is 11.6 Å². The second-order valence-electron chi connectivity index (χ2n) is 5.13. The number of ether oxygens (including phenoxy) is 1. The number of aryl methyl sites for hydroxylation is 1. The van der Waals surface area contributed by atoms with E-state index in [9.17, 15) is 14.0 Å². The first-order chi connectivity index (χ1) is 11.5. The van der Waals surface area contributed by atoms with Gasteiger partial charge in [-0.05, 0) is 30.7 Å². The third-order valence-corrected chi connectivity index (χ3v) is 3.33. The maximum absolute atomic E-state index is 13.7. The predicted octanol–water partition coefficient (Wildman–Crippen LogP) is 2.41. The van der Waals surface area contributed by atoms with Crippen LogP contribution in [0.15, 0.2) is 35.1 Å². The van der Waals surface area contributed by atoms with Gasteiger partial charge in [-0.2, -0.15) is 10.4 Å². The molecule has 0 spiro atoms. The molecule has 0 aliphatic heterocycles. The lowest BCUT2D eigenvalue weighted by Gasteiger charge is -2.08. The van der Waals surface area contributed by atoms with Crippen molar-refractivity contribution in [2.75, 3.05) is 0 Å². The minimum Gasteiger partial charge on any atom is -0.456 e. The molecule has 2 aromatic rings. The number of hydrogen-bond acceptors (Lipinski definition) is 5. The van der Waals surface area contributed by atoms with E-state index in [1.54, 1.807) is 0 Å². The topological polar surface area (TPSA) is 85.0 Å². The fraction of sp³-hybridized carbons (Fsp3) is 0.294. The van der Waals surface area contributed by atoms with Crippen LogP contribution in [0, 0.1) is 17.1 Å². The van der Waals surface area contributed by atoms with Gasteiger partial charge >= 0.3 is 5.97 Å². The highest BCUT2D eigenvalue weighted by Gasteiger charge is 2.13. The van der Waals surface area contributed by atoms with Crippen LogP contribution in [0.25, 0.3) is 0 Å². The van der Waals surface area contributed by atoms with Crippen LogP contribution in [0.5, 0.6) is 0 Å². The van der Waals surface area contributed by atoms with Crippen molar-refractivity contribution in [2.24, 2.45) is 0 Å². The maximum Gasteiger partial charge on any atom is 0.359 e. The molecule has 0 atom stereocenters. The largest absolute Gasteiger partial charge is 0.456 e.